The molecule has 15 nitrogen and oxygen atoms in total. The molecule has 1 aliphatic rings. The van der Waals surface area contributed by atoms with Crippen LogP contribution in [0.2, 0.25) is 0 Å². The summed E-state index contributed by atoms with van der Waals surface area (Å²) in [6, 6.07) is 28.8. The Bertz CT molecular complexity index is 2070. The van der Waals surface area contributed by atoms with Gasteiger partial charge in [-0.3, -0.25) is 14.2 Å². The highest BCUT2D eigenvalue weighted by atomic mass is 31.2. The van der Waals surface area contributed by atoms with E-state index in [1.165, 1.54) is 30.7 Å². The first-order chi connectivity index (χ1) is 29.3. The van der Waals surface area contributed by atoms with Crippen molar-refractivity contribution in [1.82, 2.24) is 14.2 Å². The molecule has 3 aromatic carbocycles. The third-order valence-electron chi connectivity index (χ3n) is 10.1. The predicted octanol–water partition coefficient (Wildman–Crippen LogP) is 7.36. The number of carbonyl (C=O) groups is 2. The van der Waals surface area contributed by atoms with Crippen molar-refractivity contribution in [3.63, 3.8) is 0 Å². The molecule has 61 heavy (non-hydrogen) atoms. The molecule has 1 saturated heterocycles. The number of nitrogens with zero attached hydrogens (tertiary/aromatic N) is 4. The number of hydrogen-bond donors (Lipinski definition) is 1. The maximum absolute atomic E-state index is 13.8. The van der Waals surface area contributed by atoms with Crippen LogP contribution in [0.15, 0.2) is 95.9 Å². The van der Waals surface area contributed by atoms with Crippen molar-refractivity contribution in [3.8, 4) is 17.6 Å². The second kappa shape index (κ2) is 22.1. The number of esters is 1. The van der Waals surface area contributed by atoms with Crippen LogP contribution in [0.25, 0.3) is 0 Å². The third-order valence-corrected chi connectivity index (χ3v) is 12.3. The van der Waals surface area contributed by atoms with Crippen molar-refractivity contribution >= 4 is 26.2 Å². The van der Waals surface area contributed by atoms with Crippen molar-refractivity contribution in [3.05, 3.63) is 118 Å². The monoisotopic (exact) mass is 857 g/mol. The summed E-state index contributed by atoms with van der Waals surface area (Å²) in [6.07, 6.45) is -0.805. The minimum Gasteiger partial charge on any atom is -0.497 e. The summed E-state index contributed by atoms with van der Waals surface area (Å²) >= 11 is 0. The van der Waals surface area contributed by atoms with Gasteiger partial charge in [0.05, 0.1) is 46.5 Å². The van der Waals surface area contributed by atoms with Gasteiger partial charge in [0, 0.05) is 38.0 Å². The number of amides is 1. The predicted molar refractivity (Wildman–Crippen MR) is 230 cm³/mol. The largest absolute Gasteiger partial charge is 0.497 e. The van der Waals surface area contributed by atoms with Gasteiger partial charge in [-0.2, -0.15) is 10.2 Å². The minimum absolute atomic E-state index is 0.00358. The zero-order valence-corrected chi connectivity index (χ0v) is 36.9. The molecular weight excluding hydrogens is 801 g/mol. The number of aromatic nitrogens is 2. The molecule has 1 N–H and O–H groups in total. The third kappa shape index (κ3) is 11.6. The van der Waals surface area contributed by atoms with E-state index in [1.54, 1.807) is 14.2 Å². The smallest absolute Gasteiger partial charge is 0.351 e. The fraction of sp³-hybridized carbons (Fsp3) is 0.444. The van der Waals surface area contributed by atoms with Crippen LogP contribution in [0.3, 0.4) is 0 Å². The Morgan fingerprint density at radius 1 is 0.902 bits per heavy atom. The number of hydrogen-bond acceptors (Lipinski definition) is 13. The Labute approximate surface area is 358 Å². The van der Waals surface area contributed by atoms with Gasteiger partial charge in [0.25, 0.3) is 8.53 Å². The lowest BCUT2D eigenvalue weighted by molar-refractivity contribution is -0.141. The van der Waals surface area contributed by atoms with E-state index in [2.05, 4.69) is 21.0 Å². The maximum atomic E-state index is 13.8. The number of carbonyl (C=O) groups excluding carboxylic acids is 2. The highest BCUT2D eigenvalue weighted by Crippen LogP contribution is 2.52. The summed E-state index contributed by atoms with van der Waals surface area (Å²) < 4.78 is 47.8. The fourth-order valence-electron chi connectivity index (χ4n) is 7.53. The first-order valence-corrected chi connectivity index (χ1v) is 21.3. The average molecular weight is 858 g/mol. The number of nitrogens with one attached hydrogen (secondary N) is 1. The van der Waals surface area contributed by atoms with Gasteiger partial charge in [-0.25, -0.2) is 9.46 Å². The van der Waals surface area contributed by atoms with Crippen LogP contribution in [0.1, 0.15) is 77.3 Å². The van der Waals surface area contributed by atoms with Gasteiger partial charge < -0.3 is 38.0 Å². The van der Waals surface area contributed by atoms with Gasteiger partial charge >= 0.3 is 11.7 Å². The van der Waals surface area contributed by atoms with Gasteiger partial charge in [-0.15, -0.1) is 0 Å². The lowest BCUT2D eigenvalue weighted by Crippen LogP contribution is -2.41. The Morgan fingerprint density at radius 3 is 2.00 bits per heavy atom. The Balaban J connectivity index is 1.69. The maximum Gasteiger partial charge on any atom is 0.351 e. The molecule has 1 amide bonds. The van der Waals surface area contributed by atoms with Crippen LogP contribution in [0.5, 0.6) is 11.5 Å². The van der Waals surface area contributed by atoms with Gasteiger partial charge in [0.2, 0.25) is 5.91 Å². The summed E-state index contributed by atoms with van der Waals surface area (Å²) in [4.78, 5) is 41.9. The van der Waals surface area contributed by atoms with Gasteiger partial charge in [0.1, 0.15) is 41.4 Å². The number of rotatable bonds is 21. The summed E-state index contributed by atoms with van der Waals surface area (Å²) in [5.41, 5.74) is 0.510. The summed E-state index contributed by atoms with van der Waals surface area (Å²) in [5, 5.41) is 12.0. The molecule has 5 rings (SSSR count). The fourth-order valence-corrected chi connectivity index (χ4v) is 9.33. The minimum atomic E-state index is -1.84. The zero-order valence-electron chi connectivity index (χ0n) is 36.0. The molecular formula is C45H56N5O10P. The first-order valence-electron chi connectivity index (χ1n) is 20.2. The molecule has 0 bridgehead atoms. The standard InChI is InChI=1S/C45H56N5O10P/c1-30(2)50(31(3)4)61(58-27-12-25-46)60-42-39(24-28-56-33(6)52)43(49-26-23-41(47-32(5)51)48-44(49)53)59-40(42)29-57-45(34-13-10-9-11-14-34,35-15-19-37(54-7)20-16-35)36-17-21-38(55-8)22-18-36/h9-11,13-23,26,30-31,39-40,42-43H,12,24,27-29H2,1-8H3,(H,47,48,51,53)/t39-,40-,42+,43-,61?/m1/s1. The highest BCUT2D eigenvalue weighted by molar-refractivity contribution is 7.44. The van der Waals surface area contributed by atoms with Gasteiger partial charge in [0.15, 0.2) is 0 Å². The molecule has 1 aromatic heterocycles. The SMILES string of the molecule is COc1ccc(C(OC[C@H]2O[C@@H](n3ccc(NC(C)=O)nc3=O)[C@H](CCOC(C)=O)[C@@H]2OP(OCCC#N)N(C(C)C)C(C)C)(c2ccccc2)c2ccc(OC)cc2)cc1. The van der Waals surface area contributed by atoms with Crippen molar-refractivity contribution in [2.24, 2.45) is 5.92 Å². The van der Waals surface area contributed by atoms with E-state index < -0.39 is 50.1 Å². The molecule has 0 spiro atoms. The van der Waals surface area contributed by atoms with E-state index in [9.17, 15) is 19.6 Å². The second-order valence-corrected chi connectivity index (χ2v) is 16.4. The summed E-state index contributed by atoms with van der Waals surface area (Å²) in [5.74, 6) is -0.0588. The number of benzene rings is 3. The molecule has 1 aliphatic heterocycles. The van der Waals surface area contributed by atoms with Crippen LogP contribution < -0.4 is 20.5 Å². The summed E-state index contributed by atoms with van der Waals surface area (Å²) in [7, 11) is 1.38. The van der Waals surface area contributed by atoms with Crippen molar-refractivity contribution in [2.75, 3.05) is 39.4 Å². The van der Waals surface area contributed by atoms with Gasteiger partial charge in [-0.1, -0.05) is 54.6 Å². The molecule has 0 radical (unpaired) electrons. The summed E-state index contributed by atoms with van der Waals surface area (Å²) in [6.45, 7) is 10.9. The molecule has 1 fully saturated rings. The van der Waals surface area contributed by atoms with Crippen molar-refractivity contribution < 1.29 is 42.3 Å². The Kier molecular flexibility index (Phi) is 16.9. The Hall–Kier alpha value is -5.20. The van der Waals surface area contributed by atoms with E-state index in [0.717, 1.165) is 16.7 Å². The molecule has 2 heterocycles. The molecule has 0 saturated carbocycles. The molecule has 4 aromatic rings. The zero-order chi connectivity index (χ0) is 44.1. The van der Waals surface area contributed by atoms with E-state index in [1.807, 2.05) is 107 Å². The normalized spacial score (nSPS) is 18.2. The van der Waals surface area contributed by atoms with E-state index in [-0.39, 0.29) is 56.5 Å². The van der Waals surface area contributed by atoms with E-state index >= 15 is 0 Å². The molecule has 5 atom stereocenters. The average Bonchev–Trinajstić information content (AvgIpc) is 3.57. The second-order valence-electron chi connectivity index (χ2n) is 15.0. The van der Waals surface area contributed by atoms with E-state index in [0.29, 0.717) is 11.5 Å². The van der Waals surface area contributed by atoms with Gasteiger partial charge in [-0.05, 0) is 81.1 Å². The van der Waals surface area contributed by atoms with Crippen LogP contribution in [-0.4, -0.2) is 84.4 Å². The van der Waals surface area contributed by atoms with Crippen molar-refractivity contribution in [1.29, 1.82) is 5.26 Å². The highest BCUT2D eigenvalue weighted by Gasteiger charge is 2.50. The molecule has 16 heteroatoms. The number of methoxy groups -OCH3 is 2. The lowest BCUT2D eigenvalue weighted by Gasteiger charge is -2.39. The van der Waals surface area contributed by atoms with Crippen molar-refractivity contribution in [2.45, 2.75) is 90.5 Å². The van der Waals surface area contributed by atoms with Crippen LogP contribution in [-0.2, 0) is 38.4 Å². The first kappa shape index (κ1) is 46.9. The Morgan fingerprint density at radius 2 is 1.49 bits per heavy atom. The topological polar surface area (TPSA) is 173 Å². The molecule has 326 valence electrons. The molecule has 0 aliphatic carbocycles. The van der Waals surface area contributed by atoms with Crippen LogP contribution in [0.4, 0.5) is 5.82 Å². The van der Waals surface area contributed by atoms with Crippen LogP contribution >= 0.6 is 8.53 Å². The van der Waals surface area contributed by atoms with E-state index in [4.69, 9.17) is 32.7 Å². The number of nitriles is 1. The van der Waals surface area contributed by atoms with Crippen LogP contribution in [0, 0.1) is 17.2 Å². The molecule has 1 unspecified atom stereocenters. The number of anilines is 1. The lowest BCUT2D eigenvalue weighted by atomic mass is 9.80. The number of ether oxygens (including phenoxy) is 5. The quantitative estimate of drug-likeness (QED) is 0.0382.